The molecular formula is C17H22N4O2S. The van der Waals surface area contributed by atoms with Gasteiger partial charge in [0.2, 0.25) is 5.91 Å². The zero-order valence-corrected chi connectivity index (χ0v) is 14.7. The third-order valence-electron chi connectivity index (χ3n) is 3.17. The highest BCUT2D eigenvalue weighted by Gasteiger charge is 2.05. The molecule has 0 fully saturated rings. The van der Waals surface area contributed by atoms with Crippen LogP contribution in [0.15, 0.2) is 30.5 Å². The molecule has 0 aliphatic rings. The van der Waals surface area contributed by atoms with Gasteiger partial charge in [0.25, 0.3) is 0 Å². The van der Waals surface area contributed by atoms with Crippen LogP contribution < -0.4 is 16.0 Å². The number of hydrogen-bond acceptors (Lipinski definition) is 4. The number of rotatable bonds is 7. The fourth-order valence-corrected chi connectivity index (χ4v) is 2.89. The van der Waals surface area contributed by atoms with Crippen molar-refractivity contribution in [3.8, 4) is 0 Å². The molecule has 3 N–H and O–H groups in total. The lowest BCUT2D eigenvalue weighted by Gasteiger charge is -2.09. The van der Waals surface area contributed by atoms with Crippen LogP contribution in [0.5, 0.6) is 0 Å². The van der Waals surface area contributed by atoms with Crippen molar-refractivity contribution < 1.29 is 9.59 Å². The summed E-state index contributed by atoms with van der Waals surface area (Å²) in [5.74, 6) is -0.0298. The lowest BCUT2D eigenvalue weighted by atomic mass is 10.2. The maximum atomic E-state index is 11.9. The summed E-state index contributed by atoms with van der Waals surface area (Å²) >= 11 is 1.63. The molecular weight excluding hydrogens is 324 g/mol. The van der Waals surface area contributed by atoms with E-state index in [1.54, 1.807) is 35.6 Å². The van der Waals surface area contributed by atoms with E-state index in [1.807, 2.05) is 20.0 Å². The van der Waals surface area contributed by atoms with Crippen LogP contribution in [-0.4, -0.2) is 23.5 Å². The van der Waals surface area contributed by atoms with Gasteiger partial charge < -0.3 is 16.0 Å². The van der Waals surface area contributed by atoms with Crippen LogP contribution in [0.1, 0.15) is 29.7 Å². The molecule has 0 unspecified atom stereocenters. The average molecular weight is 346 g/mol. The van der Waals surface area contributed by atoms with E-state index in [-0.39, 0.29) is 11.9 Å². The molecule has 1 aromatic carbocycles. The molecule has 0 atom stereocenters. The van der Waals surface area contributed by atoms with E-state index in [1.165, 1.54) is 0 Å². The smallest absolute Gasteiger partial charge is 0.319 e. The Morgan fingerprint density at radius 1 is 1.21 bits per heavy atom. The second-order valence-electron chi connectivity index (χ2n) is 5.37. The molecule has 0 bridgehead atoms. The Morgan fingerprint density at radius 3 is 2.62 bits per heavy atom. The number of nitrogens with one attached hydrogen (secondary N) is 3. The highest BCUT2D eigenvalue weighted by molar-refractivity contribution is 7.11. The van der Waals surface area contributed by atoms with E-state index in [0.717, 1.165) is 16.3 Å². The molecule has 1 aromatic heterocycles. The second-order valence-corrected chi connectivity index (χ2v) is 6.69. The zero-order valence-electron chi connectivity index (χ0n) is 13.9. The van der Waals surface area contributed by atoms with Gasteiger partial charge in [-0.1, -0.05) is 13.0 Å². The molecule has 7 heteroatoms. The standard InChI is InChI=1S/C17H22N4O2S/c1-3-5-15(22)20-13-6-4-7-14(10-13)21-17(23)18-9-8-16-19-11-12(2)24-16/h4,6-7,10-11H,3,5,8-9H2,1-2H3,(H,20,22)(H2,18,21,23). The lowest BCUT2D eigenvalue weighted by Crippen LogP contribution is -2.30. The van der Waals surface area contributed by atoms with E-state index in [9.17, 15) is 9.59 Å². The largest absolute Gasteiger partial charge is 0.337 e. The Balaban J connectivity index is 1.79. The Bertz CT molecular complexity index is 699. The van der Waals surface area contributed by atoms with E-state index >= 15 is 0 Å². The number of nitrogens with zero attached hydrogens (tertiary/aromatic N) is 1. The first-order chi connectivity index (χ1) is 11.6. The quantitative estimate of drug-likeness (QED) is 0.717. The molecule has 0 saturated carbocycles. The molecule has 2 rings (SSSR count). The zero-order chi connectivity index (χ0) is 17.4. The topological polar surface area (TPSA) is 83.1 Å². The molecule has 0 radical (unpaired) electrons. The number of benzene rings is 1. The maximum absolute atomic E-state index is 11.9. The van der Waals surface area contributed by atoms with Crippen molar-refractivity contribution in [3.05, 3.63) is 40.3 Å². The third kappa shape index (κ3) is 6.00. The predicted molar refractivity (Wildman–Crippen MR) is 97.6 cm³/mol. The van der Waals surface area contributed by atoms with E-state index in [4.69, 9.17) is 0 Å². The van der Waals surface area contributed by atoms with E-state index < -0.39 is 0 Å². The van der Waals surface area contributed by atoms with E-state index in [0.29, 0.717) is 30.8 Å². The predicted octanol–water partition coefficient (Wildman–Crippen LogP) is 3.55. The molecule has 6 nitrogen and oxygen atoms in total. The van der Waals surface area contributed by atoms with Gasteiger partial charge in [-0.05, 0) is 31.5 Å². The van der Waals surface area contributed by atoms with Crippen LogP contribution in [0.4, 0.5) is 16.2 Å². The molecule has 0 aliphatic heterocycles. The molecule has 0 saturated heterocycles. The van der Waals surface area contributed by atoms with Gasteiger partial charge in [-0.3, -0.25) is 4.79 Å². The highest BCUT2D eigenvalue weighted by Crippen LogP contribution is 2.15. The van der Waals surface area contributed by atoms with Crippen LogP contribution >= 0.6 is 11.3 Å². The lowest BCUT2D eigenvalue weighted by molar-refractivity contribution is -0.116. The number of urea groups is 1. The van der Waals surface area contributed by atoms with Crippen molar-refractivity contribution in [2.24, 2.45) is 0 Å². The summed E-state index contributed by atoms with van der Waals surface area (Å²) in [5, 5.41) is 9.37. The number of hydrogen-bond donors (Lipinski definition) is 3. The van der Waals surface area contributed by atoms with Crippen molar-refractivity contribution in [1.29, 1.82) is 0 Å². The van der Waals surface area contributed by atoms with Crippen LogP contribution in [0, 0.1) is 6.92 Å². The van der Waals surface area contributed by atoms with Gasteiger partial charge in [0.05, 0.1) is 5.01 Å². The summed E-state index contributed by atoms with van der Waals surface area (Å²) in [7, 11) is 0. The molecule has 0 aliphatic carbocycles. The van der Waals surface area contributed by atoms with Crippen molar-refractivity contribution in [3.63, 3.8) is 0 Å². The summed E-state index contributed by atoms with van der Waals surface area (Å²) in [5.41, 5.74) is 1.30. The Kier molecular flexibility index (Phi) is 6.74. The molecule has 3 amide bonds. The summed E-state index contributed by atoms with van der Waals surface area (Å²) < 4.78 is 0. The van der Waals surface area contributed by atoms with Crippen LogP contribution in [0.25, 0.3) is 0 Å². The van der Waals surface area contributed by atoms with Crippen LogP contribution in [-0.2, 0) is 11.2 Å². The SMILES string of the molecule is CCCC(=O)Nc1cccc(NC(=O)NCCc2ncc(C)s2)c1. The van der Waals surface area contributed by atoms with Gasteiger partial charge in [0.1, 0.15) is 0 Å². The summed E-state index contributed by atoms with van der Waals surface area (Å²) in [6.45, 7) is 4.48. The number of thiazole rings is 1. The van der Waals surface area contributed by atoms with Crippen LogP contribution in [0.3, 0.4) is 0 Å². The number of aryl methyl sites for hydroxylation is 1. The normalized spacial score (nSPS) is 10.2. The fourth-order valence-electron chi connectivity index (χ4n) is 2.10. The summed E-state index contributed by atoms with van der Waals surface area (Å²) in [6.07, 6.45) is 3.82. The average Bonchev–Trinajstić information content (AvgIpc) is 2.93. The molecule has 1 heterocycles. The first-order valence-electron chi connectivity index (χ1n) is 7.93. The van der Waals surface area contributed by atoms with Gasteiger partial charge in [0.15, 0.2) is 0 Å². The number of anilines is 2. The minimum atomic E-state index is -0.277. The number of aromatic nitrogens is 1. The van der Waals surface area contributed by atoms with Crippen molar-refractivity contribution in [2.75, 3.05) is 17.2 Å². The van der Waals surface area contributed by atoms with Gasteiger partial charge in [0, 0.05) is 41.8 Å². The van der Waals surface area contributed by atoms with Crippen molar-refractivity contribution in [2.45, 2.75) is 33.1 Å². The van der Waals surface area contributed by atoms with Gasteiger partial charge >= 0.3 is 6.03 Å². The third-order valence-corrected chi connectivity index (χ3v) is 4.15. The monoisotopic (exact) mass is 346 g/mol. The fraction of sp³-hybridized carbons (Fsp3) is 0.353. The Hall–Kier alpha value is -2.41. The first kappa shape index (κ1) is 17.9. The maximum Gasteiger partial charge on any atom is 0.319 e. The molecule has 0 spiro atoms. The second kappa shape index (κ2) is 9.02. The number of carbonyl (C=O) groups is 2. The number of carbonyl (C=O) groups excluding carboxylic acids is 2. The number of amides is 3. The minimum Gasteiger partial charge on any atom is -0.337 e. The van der Waals surface area contributed by atoms with Gasteiger partial charge in [-0.25, -0.2) is 9.78 Å². The summed E-state index contributed by atoms with van der Waals surface area (Å²) in [4.78, 5) is 28.9. The molecule has 128 valence electrons. The highest BCUT2D eigenvalue weighted by atomic mass is 32.1. The van der Waals surface area contributed by atoms with Crippen molar-refractivity contribution in [1.82, 2.24) is 10.3 Å². The Labute approximate surface area is 145 Å². The van der Waals surface area contributed by atoms with Gasteiger partial charge in [-0.2, -0.15) is 0 Å². The van der Waals surface area contributed by atoms with Gasteiger partial charge in [-0.15, -0.1) is 11.3 Å². The van der Waals surface area contributed by atoms with Crippen LogP contribution in [0.2, 0.25) is 0 Å². The van der Waals surface area contributed by atoms with Crippen molar-refractivity contribution >= 4 is 34.6 Å². The first-order valence-corrected chi connectivity index (χ1v) is 8.74. The summed E-state index contributed by atoms with van der Waals surface area (Å²) in [6, 6.07) is 6.81. The molecule has 2 aromatic rings. The Morgan fingerprint density at radius 2 is 1.96 bits per heavy atom. The minimum absolute atomic E-state index is 0.0298. The van der Waals surface area contributed by atoms with E-state index in [2.05, 4.69) is 20.9 Å². The molecule has 24 heavy (non-hydrogen) atoms.